The van der Waals surface area contributed by atoms with Gasteiger partial charge in [-0.1, -0.05) is 18.5 Å². The zero-order valence-corrected chi connectivity index (χ0v) is 12.2. The van der Waals surface area contributed by atoms with Crippen molar-refractivity contribution in [2.45, 2.75) is 26.2 Å². The summed E-state index contributed by atoms with van der Waals surface area (Å²) in [4.78, 5) is 26.6. The van der Waals surface area contributed by atoms with Crippen LogP contribution in [0.3, 0.4) is 0 Å². The monoisotopic (exact) mass is 298 g/mol. The first-order valence-corrected chi connectivity index (χ1v) is 6.88. The van der Waals surface area contributed by atoms with Crippen LogP contribution in [0.25, 0.3) is 0 Å². The van der Waals surface area contributed by atoms with Crippen molar-refractivity contribution in [1.29, 1.82) is 0 Å². The van der Waals surface area contributed by atoms with Crippen molar-refractivity contribution in [3.8, 4) is 0 Å². The standard InChI is InChI=1S/C13H19ClN4O2/c1-2-5-16-12-7-9(10(14)8-18-12)13(20)17-6-3-4-11(15)19/h7-8H,2-6H2,1H3,(H2,15,19)(H,16,18)(H,17,20). The maximum Gasteiger partial charge on any atom is 0.252 e. The second kappa shape index (κ2) is 8.37. The Bertz CT molecular complexity index is 479. The summed E-state index contributed by atoms with van der Waals surface area (Å²) in [5.74, 6) is -0.0628. The number of carbonyl (C=O) groups is 2. The lowest BCUT2D eigenvalue weighted by atomic mass is 10.2. The fourth-order valence-corrected chi connectivity index (χ4v) is 1.71. The van der Waals surface area contributed by atoms with Gasteiger partial charge in [0.25, 0.3) is 5.91 Å². The average molecular weight is 299 g/mol. The molecule has 0 aliphatic heterocycles. The third kappa shape index (κ3) is 5.44. The van der Waals surface area contributed by atoms with Crippen molar-refractivity contribution < 1.29 is 9.59 Å². The molecule has 20 heavy (non-hydrogen) atoms. The molecule has 0 fully saturated rings. The zero-order valence-electron chi connectivity index (χ0n) is 11.4. The molecule has 0 aromatic carbocycles. The van der Waals surface area contributed by atoms with Crippen molar-refractivity contribution >= 4 is 29.2 Å². The number of nitrogens with zero attached hydrogens (tertiary/aromatic N) is 1. The van der Waals surface area contributed by atoms with E-state index in [1.54, 1.807) is 6.07 Å². The topological polar surface area (TPSA) is 97.1 Å². The number of nitrogens with two attached hydrogens (primary N) is 1. The van der Waals surface area contributed by atoms with E-state index in [4.69, 9.17) is 17.3 Å². The highest BCUT2D eigenvalue weighted by molar-refractivity contribution is 6.33. The van der Waals surface area contributed by atoms with Crippen LogP contribution in [0.5, 0.6) is 0 Å². The largest absolute Gasteiger partial charge is 0.370 e. The van der Waals surface area contributed by atoms with Gasteiger partial charge in [-0.3, -0.25) is 9.59 Å². The Morgan fingerprint density at radius 2 is 2.15 bits per heavy atom. The van der Waals surface area contributed by atoms with E-state index < -0.39 is 0 Å². The Balaban J connectivity index is 2.59. The molecular weight excluding hydrogens is 280 g/mol. The highest BCUT2D eigenvalue weighted by Crippen LogP contribution is 2.17. The number of carbonyl (C=O) groups excluding carboxylic acids is 2. The molecule has 0 unspecified atom stereocenters. The lowest BCUT2D eigenvalue weighted by molar-refractivity contribution is -0.118. The molecule has 0 atom stereocenters. The molecule has 1 heterocycles. The molecular formula is C13H19ClN4O2. The van der Waals surface area contributed by atoms with Crippen LogP contribution in [0.2, 0.25) is 5.02 Å². The van der Waals surface area contributed by atoms with Gasteiger partial charge in [-0.2, -0.15) is 0 Å². The Morgan fingerprint density at radius 3 is 2.80 bits per heavy atom. The van der Waals surface area contributed by atoms with Gasteiger partial charge in [0, 0.05) is 25.7 Å². The van der Waals surface area contributed by atoms with Gasteiger partial charge in [0.2, 0.25) is 5.91 Å². The molecule has 0 aliphatic rings. The normalized spacial score (nSPS) is 10.1. The SMILES string of the molecule is CCCNc1cc(C(=O)NCCCC(N)=O)c(Cl)cn1. The number of amides is 2. The summed E-state index contributed by atoms with van der Waals surface area (Å²) in [5.41, 5.74) is 5.38. The molecule has 1 aromatic rings. The van der Waals surface area contributed by atoms with Gasteiger partial charge in [-0.05, 0) is 18.9 Å². The number of nitrogens with one attached hydrogen (secondary N) is 2. The smallest absolute Gasteiger partial charge is 0.252 e. The van der Waals surface area contributed by atoms with Gasteiger partial charge in [-0.25, -0.2) is 4.98 Å². The zero-order chi connectivity index (χ0) is 15.0. The molecule has 1 aromatic heterocycles. The van der Waals surface area contributed by atoms with Crippen molar-refractivity contribution in [2.75, 3.05) is 18.4 Å². The fraction of sp³-hybridized carbons (Fsp3) is 0.462. The summed E-state index contributed by atoms with van der Waals surface area (Å²) < 4.78 is 0. The van der Waals surface area contributed by atoms with Crippen LogP contribution in [0.1, 0.15) is 36.5 Å². The minimum atomic E-state index is -0.382. The van der Waals surface area contributed by atoms with E-state index >= 15 is 0 Å². The maximum absolute atomic E-state index is 12.0. The molecule has 4 N–H and O–H groups in total. The molecule has 0 radical (unpaired) electrons. The highest BCUT2D eigenvalue weighted by atomic mass is 35.5. The maximum atomic E-state index is 12.0. The Labute approximate surface area is 123 Å². The van der Waals surface area contributed by atoms with Crippen LogP contribution in [-0.2, 0) is 4.79 Å². The minimum Gasteiger partial charge on any atom is -0.370 e. The summed E-state index contributed by atoms with van der Waals surface area (Å²) in [7, 11) is 0. The van der Waals surface area contributed by atoms with E-state index in [2.05, 4.69) is 15.6 Å². The van der Waals surface area contributed by atoms with E-state index in [9.17, 15) is 9.59 Å². The van der Waals surface area contributed by atoms with Crippen molar-refractivity contribution in [3.63, 3.8) is 0 Å². The number of halogens is 1. The van der Waals surface area contributed by atoms with Gasteiger partial charge in [0.1, 0.15) is 5.82 Å². The summed E-state index contributed by atoms with van der Waals surface area (Å²) in [6, 6.07) is 1.61. The summed E-state index contributed by atoms with van der Waals surface area (Å²) in [6.45, 7) is 3.18. The number of aromatic nitrogens is 1. The molecule has 0 aliphatic carbocycles. The number of pyridine rings is 1. The van der Waals surface area contributed by atoms with Gasteiger partial charge in [-0.15, -0.1) is 0 Å². The molecule has 0 spiro atoms. The Hall–Kier alpha value is -1.82. The number of hydrogen-bond acceptors (Lipinski definition) is 4. The van der Waals surface area contributed by atoms with Gasteiger partial charge in [0.15, 0.2) is 0 Å². The van der Waals surface area contributed by atoms with E-state index in [0.717, 1.165) is 13.0 Å². The second-order valence-corrected chi connectivity index (χ2v) is 4.71. The van der Waals surface area contributed by atoms with Crippen molar-refractivity contribution in [3.05, 3.63) is 22.8 Å². The molecule has 0 saturated heterocycles. The second-order valence-electron chi connectivity index (χ2n) is 4.30. The van der Waals surface area contributed by atoms with Crippen LogP contribution in [0, 0.1) is 0 Å². The average Bonchev–Trinajstić information content (AvgIpc) is 2.42. The molecule has 7 heteroatoms. The van der Waals surface area contributed by atoms with E-state index in [0.29, 0.717) is 29.4 Å². The molecule has 2 amide bonds. The van der Waals surface area contributed by atoms with Crippen molar-refractivity contribution in [1.82, 2.24) is 10.3 Å². The molecule has 6 nitrogen and oxygen atoms in total. The lowest BCUT2D eigenvalue weighted by Gasteiger charge is -2.09. The lowest BCUT2D eigenvalue weighted by Crippen LogP contribution is -2.26. The number of primary amides is 1. The first-order chi connectivity index (χ1) is 9.54. The van der Waals surface area contributed by atoms with Crippen molar-refractivity contribution in [2.24, 2.45) is 5.73 Å². The van der Waals surface area contributed by atoms with Crippen LogP contribution in [-0.4, -0.2) is 29.9 Å². The van der Waals surface area contributed by atoms with Crippen LogP contribution in [0.4, 0.5) is 5.82 Å². The van der Waals surface area contributed by atoms with Crippen LogP contribution in [0.15, 0.2) is 12.3 Å². The van der Waals surface area contributed by atoms with Gasteiger partial charge < -0.3 is 16.4 Å². The Kier molecular flexibility index (Phi) is 6.79. The third-order valence-corrected chi connectivity index (χ3v) is 2.84. The number of anilines is 1. The summed E-state index contributed by atoms with van der Waals surface area (Å²) in [6.07, 6.45) is 3.15. The molecule has 0 bridgehead atoms. The number of hydrogen-bond donors (Lipinski definition) is 3. The third-order valence-electron chi connectivity index (χ3n) is 2.54. The van der Waals surface area contributed by atoms with Gasteiger partial charge in [0.05, 0.1) is 10.6 Å². The minimum absolute atomic E-state index is 0.244. The number of rotatable bonds is 8. The first kappa shape index (κ1) is 16.2. The molecule has 1 rings (SSSR count). The predicted molar refractivity (Wildman–Crippen MR) is 78.8 cm³/mol. The first-order valence-electron chi connectivity index (χ1n) is 6.50. The fourth-order valence-electron chi connectivity index (χ4n) is 1.52. The quantitative estimate of drug-likeness (QED) is 0.634. The van der Waals surface area contributed by atoms with Gasteiger partial charge >= 0.3 is 0 Å². The highest BCUT2D eigenvalue weighted by Gasteiger charge is 2.11. The van der Waals surface area contributed by atoms with E-state index in [1.165, 1.54) is 6.20 Å². The molecule has 110 valence electrons. The summed E-state index contributed by atoms with van der Waals surface area (Å²) >= 11 is 5.96. The Morgan fingerprint density at radius 1 is 1.40 bits per heavy atom. The van der Waals surface area contributed by atoms with Crippen LogP contribution < -0.4 is 16.4 Å². The predicted octanol–water partition coefficient (Wildman–Crippen LogP) is 1.55. The van der Waals surface area contributed by atoms with Crippen LogP contribution >= 0.6 is 11.6 Å². The molecule has 0 saturated carbocycles. The summed E-state index contributed by atoms with van der Waals surface area (Å²) in [5, 5.41) is 6.07. The van der Waals surface area contributed by atoms with E-state index in [1.807, 2.05) is 6.92 Å². The van der Waals surface area contributed by atoms with E-state index in [-0.39, 0.29) is 18.2 Å².